The third kappa shape index (κ3) is 7.79. The Bertz CT molecular complexity index is 1570. The van der Waals surface area contributed by atoms with E-state index in [1.54, 1.807) is 23.9 Å². The quantitative estimate of drug-likeness (QED) is 0.195. The number of hydrogen-bond acceptors (Lipinski definition) is 5. The Morgan fingerprint density at radius 3 is 2.57 bits per heavy atom. The van der Waals surface area contributed by atoms with Crippen molar-refractivity contribution in [1.29, 1.82) is 0 Å². The van der Waals surface area contributed by atoms with E-state index in [0.29, 0.717) is 27.8 Å². The van der Waals surface area contributed by atoms with Gasteiger partial charge < -0.3 is 15.1 Å². The molecule has 1 aliphatic carbocycles. The Morgan fingerprint density at radius 2 is 1.78 bits per heavy atom. The number of aryl methyl sites for hydroxylation is 1. The third-order valence-electron chi connectivity index (χ3n) is 9.41. The van der Waals surface area contributed by atoms with Crippen LogP contribution in [0.4, 0.5) is 10.1 Å². The van der Waals surface area contributed by atoms with Crippen molar-refractivity contribution in [2.24, 2.45) is 0 Å². The summed E-state index contributed by atoms with van der Waals surface area (Å²) < 4.78 is 14.5. The second kappa shape index (κ2) is 15.1. The van der Waals surface area contributed by atoms with Crippen molar-refractivity contribution in [2.75, 3.05) is 44.2 Å². The maximum Gasteiger partial charge on any atom is 0.260 e. The zero-order valence-electron chi connectivity index (χ0n) is 26.4. The highest BCUT2D eigenvalue weighted by Crippen LogP contribution is 2.43. The lowest BCUT2D eigenvalue weighted by Gasteiger charge is -2.44. The molecule has 2 aliphatic heterocycles. The summed E-state index contributed by atoms with van der Waals surface area (Å²) in [5.74, 6) is -0.410. The molecule has 6 rings (SSSR count). The van der Waals surface area contributed by atoms with Gasteiger partial charge in [0.05, 0.1) is 4.91 Å². The first-order chi connectivity index (χ1) is 22.4. The molecule has 2 amide bonds. The van der Waals surface area contributed by atoms with Crippen LogP contribution in [0, 0.1) is 12.7 Å². The van der Waals surface area contributed by atoms with Gasteiger partial charge in [0.25, 0.3) is 11.8 Å². The average molecular weight is 661 g/mol. The molecule has 2 saturated heterocycles. The molecular weight excluding hydrogens is 619 g/mol. The Hall–Kier alpha value is -3.33. The van der Waals surface area contributed by atoms with Gasteiger partial charge in [0, 0.05) is 72.4 Å². The van der Waals surface area contributed by atoms with E-state index in [1.807, 2.05) is 47.4 Å². The monoisotopic (exact) mass is 660 g/mol. The standard InChI is InChI=1S/C37H42ClFN4O2S/c1-26-11-16-30(38)24-33(26)42-21-19-41(20-22-42)18-6-17-40-36(44)28-14-12-27(13-15-28)23-35-37(45)43(25-29-7-2-3-8-31(29)39)32-9-4-5-10-34(32)46-35/h2-3,7-8,11-16,23-24,32,34H,4-6,9-10,17-22,25H2,1H3,(H,40,44)/b35-23+. The predicted molar refractivity (Wildman–Crippen MR) is 187 cm³/mol. The van der Waals surface area contributed by atoms with Crippen LogP contribution in [-0.4, -0.2) is 72.2 Å². The first kappa shape index (κ1) is 32.6. The fraction of sp³-hybridized carbons (Fsp3) is 0.405. The molecule has 2 unspecified atom stereocenters. The fourth-order valence-corrected chi connectivity index (χ4v) is 8.44. The van der Waals surface area contributed by atoms with Crippen LogP contribution < -0.4 is 10.2 Å². The van der Waals surface area contributed by atoms with E-state index in [4.69, 9.17) is 11.6 Å². The van der Waals surface area contributed by atoms with Crippen LogP contribution in [0.1, 0.15) is 59.2 Å². The fourth-order valence-electron chi connectivity index (χ4n) is 6.80. The summed E-state index contributed by atoms with van der Waals surface area (Å²) >= 11 is 7.88. The molecule has 0 aromatic heterocycles. The normalized spacial score (nSPS) is 21.4. The minimum absolute atomic E-state index is 0.0424. The van der Waals surface area contributed by atoms with Crippen LogP contribution >= 0.6 is 23.4 Å². The topological polar surface area (TPSA) is 55.9 Å². The molecular formula is C37H42ClFN4O2S. The number of amides is 2. The van der Waals surface area contributed by atoms with Crippen LogP contribution in [0.3, 0.4) is 0 Å². The van der Waals surface area contributed by atoms with E-state index >= 15 is 0 Å². The molecule has 3 aromatic carbocycles. The highest BCUT2D eigenvalue weighted by Gasteiger charge is 2.40. The molecule has 0 bridgehead atoms. The van der Waals surface area contributed by atoms with Crippen molar-refractivity contribution in [1.82, 2.24) is 15.1 Å². The Kier molecular flexibility index (Phi) is 10.7. The van der Waals surface area contributed by atoms with Gasteiger partial charge in [-0.3, -0.25) is 14.5 Å². The predicted octanol–water partition coefficient (Wildman–Crippen LogP) is 7.16. The second-order valence-corrected chi connectivity index (χ2v) is 14.2. The number of carbonyl (C=O) groups is 2. The lowest BCUT2D eigenvalue weighted by atomic mass is 9.92. The Labute approximate surface area is 281 Å². The van der Waals surface area contributed by atoms with Crippen LogP contribution in [0.5, 0.6) is 0 Å². The first-order valence-electron chi connectivity index (χ1n) is 16.4. The summed E-state index contributed by atoms with van der Waals surface area (Å²) in [5.41, 5.74) is 4.48. The SMILES string of the molecule is Cc1ccc(Cl)cc1N1CCN(CCCNC(=O)c2ccc(/C=C3/SC4CCCCC4N(Cc4ccccc4F)C3=O)cc2)CC1. The van der Waals surface area contributed by atoms with Crippen molar-refractivity contribution in [3.8, 4) is 0 Å². The minimum Gasteiger partial charge on any atom is -0.369 e. The van der Waals surface area contributed by atoms with Crippen molar-refractivity contribution in [2.45, 2.75) is 56.9 Å². The summed E-state index contributed by atoms with van der Waals surface area (Å²) in [6, 6.07) is 20.3. The molecule has 46 heavy (non-hydrogen) atoms. The zero-order valence-corrected chi connectivity index (χ0v) is 28.0. The number of carbonyl (C=O) groups excluding carboxylic acids is 2. The second-order valence-electron chi connectivity index (χ2n) is 12.5. The van der Waals surface area contributed by atoms with Gasteiger partial charge in [-0.1, -0.05) is 60.8 Å². The van der Waals surface area contributed by atoms with E-state index in [-0.39, 0.29) is 30.2 Å². The van der Waals surface area contributed by atoms with Gasteiger partial charge in [-0.15, -0.1) is 11.8 Å². The van der Waals surface area contributed by atoms with E-state index in [9.17, 15) is 14.0 Å². The average Bonchev–Trinajstić information content (AvgIpc) is 3.07. The van der Waals surface area contributed by atoms with Gasteiger partial charge in [0.15, 0.2) is 0 Å². The van der Waals surface area contributed by atoms with Crippen molar-refractivity contribution in [3.05, 3.63) is 105 Å². The highest BCUT2D eigenvalue weighted by atomic mass is 35.5. The van der Waals surface area contributed by atoms with Gasteiger partial charge in [-0.2, -0.15) is 0 Å². The maximum absolute atomic E-state index is 14.5. The van der Waals surface area contributed by atoms with Crippen LogP contribution in [0.15, 0.2) is 71.6 Å². The number of nitrogens with zero attached hydrogens (tertiary/aromatic N) is 3. The zero-order chi connectivity index (χ0) is 32.0. The number of anilines is 1. The summed E-state index contributed by atoms with van der Waals surface area (Å²) in [4.78, 5) is 33.9. The number of halogens is 2. The largest absolute Gasteiger partial charge is 0.369 e. The van der Waals surface area contributed by atoms with Gasteiger partial charge in [-0.25, -0.2) is 4.39 Å². The number of thioether (sulfide) groups is 1. The minimum atomic E-state index is -0.275. The molecule has 2 atom stereocenters. The van der Waals surface area contributed by atoms with Crippen molar-refractivity contribution >= 4 is 46.9 Å². The van der Waals surface area contributed by atoms with Gasteiger partial charge in [-0.05, 0) is 80.3 Å². The molecule has 1 saturated carbocycles. The number of piperazine rings is 1. The Morgan fingerprint density at radius 1 is 1.02 bits per heavy atom. The number of benzene rings is 3. The van der Waals surface area contributed by atoms with Gasteiger partial charge in [0.2, 0.25) is 0 Å². The number of fused-ring (bicyclic) bond motifs is 1. The molecule has 0 radical (unpaired) electrons. The number of nitrogens with one attached hydrogen (secondary N) is 1. The molecule has 1 N–H and O–H groups in total. The first-order valence-corrected chi connectivity index (χ1v) is 17.7. The molecule has 2 heterocycles. The van der Waals surface area contributed by atoms with Crippen LogP contribution in [-0.2, 0) is 11.3 Å². The maximum atomic E-state index is 14.5. The van der Waals surface area contributed by atoms with Gasteiger partial charge in [0.1, 0.15) is 5.82 Å². The van der Waals surface area contributed by atoms with E-state index in [2.05, 4.69) is 34.2 Å². The summed E-state index contributed by atoms with van der Waals surface area (Å²) in [7, 11) is 0. The lowest BCUT2D eigenvalue weighted by Crippen LogP contribution is -2.50. The molecule has 3 aromatic rings. The molecule has 9 heteroatoms. The van der Waals surface area contributed by atoms with Crippen molar-refractivity contribution < 1.29 is 14.0 Å². The van der Waals surface area contributed by atoms with Crippen LogP contribution in [0.25, 0.3) is 6.08 Å². The summed E-state index contributed by atoms with van der Waals surface area (Å²) in [6.45, 7) is 7.86. The highest BCUT2D eigenvalue weighted by molar-refractivity contribution is 8.04. The summed E-state index contributed by atoms with van der Waals surface area (Å²) in [6.07, 6.45) is 7.04. The van der Waals surface area contributed by atoms with E-state index in [0.717, 1.165) is 75.4 Å². The lowest BCUT2D eigenvalue weighted by molar-refractivity contribution is -0.130. The van der Waals surface area contributed by atoms with E-state index in [1.165, 1.54) is 17.3 Å². The number of hydrogen-bond donors (Lipinski definition) is 1. The summed E-state index contributed by atoms with van der Waals surface area (Å²) in [5, 5.41) is 4.14. The molecule has 6 nitrogen and oxygen atoms in total. The smallest absolute Gasteiger partial charge is 0.260 e. The van der Waals surface area contributed by atoms with Gasteiger partial charge >= 0.3 is 0 Å². The van der Waals surface area contributed by atoms with E-state index < -0.39 is 0 Å². The van der Waals surface area contributed by atoms with Crippen molar-refractivity contribution in [3.63, 3.8) is 0 Å². The number of rotatable bonds is 9. The molecule has 3 aliphatic rings. The molecule has 242 valence electrons. The Balaban J connectivity index is 0.995. The third-order valence-corrected chi connectivity index (χ3v) is 11.0. The van der Waals surface area contributed by atoms with Crippen LogP contribution in [0.2, 0.25) is 5.02 Å². The molecule has 0 spiro atoms. The molecule has 3 fully saturated rings.